The first-order chi connectivity index (χ1) is 12.8. The largest absolute Gasteiger partial charge is 0.490 e. The van der Waals surface area contributed by atoms with E-state index in [1.54, 1.807) is 11.3 Å². The second kappa shape index (κ2) is 9.41. The van der Waals surface area contributed by atoms with Crippen LogP contribution in [0.25, 0.3) is 0 Å². The molecule has 0 aliphatic rings. The van der Waals surface area contributed by atoms with Gasteiger partial charge in [-0.15, -0.1) is 11.3 Å². The van der Waals surface area contributed by atoms with E-state index in [0.717, 1.165) is 18.0 Å². The van der Waals surface area contributed by atoms with Gasteiger partial charge in [0.15, 0.2) is 11.5 Å². The van der Waals surface area contributed by atoms with Gasteiger partial charge in [-0.05, 0) is 48.6 Å². The molecule has 3 nitrogen and oxygen atoms in total. The van der Waals surface area contributed by atoms with Crippen molar-refractivity contribution in [1.29, 1.82) is 0 Å². The fourth-order valence-electron chi connectivity index (χ4n) is 2.72. The normalized spacial score (nSPS) is 11.9. The van der Waals surface area contributed by atoms with E-state index in [0.29, 0.717) is 19.3 Å². The van der Waals surface area contributed by atoms with Crippen LogP contribution in [0.3, 0.4) is 0 Å². The number of hydrogen-bond donors (Lipinski definition) is 1. The van der Waals surface area contributed by atoms with E-state index < -0.39 is 0 Å². The molecule has 4 heteroatoms. The summed E-state index contributed by atoms with van der Waals surface area (Å²) in [7, 11) is 0. The minimum Gasteiger partial charge on any atom is -0.490 e. The summed E-state index contributed by atoms with van der Waals surface area (Å²) in [5, 5.41) is 5.62. The first-order valence-corrected chi connectivity index (χ1v) is 9.83. The Hall–Kier alpha value is -2.30. The van der Waals surface area contributed by atoms with Crippen molar-refractivity contribution < 1.29 is 9.47 Å². The molecule has 0 aliphatic heterocycles. The van der Waals surface area contributed by atoms with Crippen LogP contribution in [-0.2, 0) is 13.2 Å². The van der Waals surface area contributed by atoms with E-state index in [9.17, 15) is 0 Å². The van der Waals surface area contributed by atoms with Gasteiger partial charge in [0.25, 0.3) is 0 Å². The van der Waals surface area contributed by atoms with Crippen molar-refractivity contribution in [3.05, 3.63) is 82.0 Å². The van der Waals surface area contributed by atoms with Crippen LogP contribution in [0.2, 0.25) is 0 Å². The highest BCUT2D eigenvalue weighted by molar-refractivity contribution is 7.09. The fraction of sp³-hybridized carbons (Fsp3) is 0.273. The fourth-order valence-corrected chi connectivity index (χ4v) is 3.34. The summed E-state index contributed by atoms with van der Waals surface area (Å²) in [5.74, 6) is 1.59. The predicted octanol–water partition coefficient (Wildman–Crippen LogP) is 5.58. The first-order valence-electron chi connectivity index (χ1n) is 8.95. The van der Waals surface area contributed by atoms with Crippen LogP contribution in [0.15, 0.2) is 66.0 Å². The second-order valence-electron chi connectivity index (χ2n) is 6.10. The lowest BCUT2D eigenvalue weighted by atomic mass is 10.1. The molecule has 0 unspecified atom stereocenters. The zero-order valence-electron chi connectivity index (χ0n) is 15.3. The van der Waals surface area contributed by atoms with Gasteiger partial charge in [-0.3, -0.25) is 0 Å². The standard InChI is InChI=1S/C22H25NO2S/c1-3-24-22-14-18(15-23-17(2)19-8-5-4-6-9-19)11-12-21(22)25-16-20-10-7-13-26-20/h4-14,17,23H,3,15-16H2,1-2H3/t17-/m0/s1. The highest BCUT2D eigenvalue weighted by Gasteiger charge is 2.09. The molecule has 136 valence electrons. The van der Waals surface area contributed by atoms with Crippen LogP contribution >= 0.6 is 11.3 Å². The van der Waals surface area contributed by atoms with Crippen LogP contribution in [0.4, 0.5) is 0 Å². The van der Waals surface area contributed by atoms with Gasteiger partial charge in [0.2, 0.25) is 0 Å². The maximum absolute atomic E-state index is 5.95. The maximum Gasteiger partial charge on any atom is 0.161 e. The van der Waals surface area contributed by atoms with Crippen molar-refractivity contribution in [2.75, 3.05) is 6.61 Å². The Morgan fingerprint density at radius 3 is 2.54 bits per heavy atom. The third kappa shape index (κ3) is 5.10. The predicted molar refractivity (Wildman–Crippen MR) is 108 cm³/mol. The molecule has 3 aromatic rings. The smallest absolute Gasteiger partial charge is 0.161 e. The van der Waals surface area contributed by atoms with Gasteiger partial charge in [-0.2, -0.15) is 0 Å². The molecule has 3 rings (SSSR count). The van der Waals surface area contributed by atoms with E-state index in [2.05, 4.69) is 60.1 Å². The topological polar surface area (TPSA) is 30.5 Å². The van der Waals surface area contributed by atoms with E-state index in [-0.39, 0.29) is 0 Å². The monoisotopic (exact) mass is 367 g/mol. The van der Waals surface area contributed by atoms with Crippen molar-refractivity contribution in [2.45, 2.75) is 33.0 Å². The number of nitrogens with one attached hydrogen (secondary N) is 1. The van der Waals surface area contributed by atoms with Gasteiger partial charge in [0.05, 0.1) is 6.61 Å². The Kier molecular flexibility index (Phi) is 6.69. The molecular weight excluding hydrogens is 342 g/mol. The van der Waals surface area contributed by atoms with E-state index in [4.69, 9.17) is 9.47 Å². The minimum absolute atomic E-state index is 0.293. The Morgan fingerprint density at radius 2 is 1.81 bits per heavy atom. The third-order valence-corrected chi connectivity index (χ3v) is 5.02. The Morgan fingerprint density at radius 1 is 0.962 bits per heavy atom. The lowest BCUT2D eigenvalue weighted by Gasteiger charge is -2.16. The summed E-state index contributed by atoms with van der Waals surface area (Å²) in [5.41, 5.74) is 2.47. The average Bonchev–Trinajstić information content (AvgIpc) is 3.20. The van der Waals surface area contributed by atoms with Crippen LogP contribution < -0.4 is 14.8 Å². The maximum atomic E-state index is 5.95. The quantitative estimate of drug-likeness (QED) is 0.536. The molecule has 2 aromatic carbocycles. The zero-order valence-corrected chi connectivity index (χ0v) is 16.1. The van der Waals surface area contributed by atoms with E-state index in [1.165, 1.54) is 16.0 Å². The Bertz CT molecular complexity index is 787. The van der Waals surface area contributed by atoms with Crippen LogP contribution in [0, 0.1) is 0 Å². The zero-order chi connectivity index (χ0) is 18.2. The third-order valence-electron chi connectivity index (χ3n) is 4.17. The summed E-state index contributed by atoms with van der Waals surface area (Å²) >= 11 is 1.70. The Labute approximate surface area is 159 Å². The van der Waals surface area contributed by atoms with Crippen molar-refractivity contribution >= 4 is 11.3 Å². The summed E-state index contributed by atoms with van der Waals surface area (Å²) in [6.45, 7) is 6.14. The van der Waals surface area contributed by atoms with Crippen LogP contribution in [0.5, 0.6) is 11.5 Å². The Balaban J connectivity index is 1.63. The molecule has 26 heavy (non-hydrogen) atoms. The summed E-state index contributed by atoms with van der Waals surface area (Å²) < 4.78 is 11.7. The molecule has 0 saturated carbocycles. The molecule has 1 N–H and O–H groups in total. The molecule has 0 spiro atoms. The molecule has 1 heterocycles. The molecule has 0 saturated heterocycles. The van der Waals surface area contributed by atoms with Crippen molar-refractivity contribution in [3.8, 4) is 11.5 Å². The molecule has 0 bridgehead atoms. The van der Waals surface area contributed by atoms with Gasteiger partial charge in [0, 0.05) is 17.5 Å². The number of ether oxygens (including phenoxy) is 2. The lowest BCUT2D eigenvalue weighted by Crippen LogP contribution is -2.18. The first kappa shape index (κ1) is 18.5. The van der Waals surface area contributed by atoms with Crippen LogP contribution in [0.1, 0.15) is 35.9 Å². The van der Waals surface area contributed by atoms with Gasteiger partial charge < -0.3 is 14.8 Å². The number of hydrogen-bond acceptors (Lipinski definition) is 4. The molecule has 1 atom stereocenters. The number of rotatable bonds is 9. The average molecular weight is 368 g/mol. The van der Waals surface area contributed by atoms with Crippen molar-refractivity contribution in [1.82, 2.24) is 5.32 Å². The highest BCUT2D eigenvalue weighted by atomic mass is 32.1. The van der Waals surface area contributed by atoms with Gasteiger partial charge in [-0.1, -0.05) is 42.5 Å². The lowest BCUT2D eigenvalue weighted by molar-refractivity contribution is 0.271. The molecule has 0 aliphatic carbocycles. The summed E-state index contributed by atoms with van der Waals surface area (Å²) in [4.78, 5) is 1.20. The SMILES string of the molecule is CCOc1cc(CN[C@@H](C)c2ccccc2)ccc1OCc1cccs1. The molecule has 0 radical (unpaired) electrons. The number of thiophene rings is 1. The second-order valence-corrected chi connectivity index (χ2v) is 7.13. The van der Waals surface area contributed by atoms with Crippen LogP contribution in [-0.4, -0.2) is 6.61 Å². The summed E-state index contributed by atoms with van der Waals surface area (Å²) in [6.07, 6.45) is 0. The van der Waals surface area contributed by atoms with Gasteiger partial charge >= 0.3 is 0 Å². The van der Waals surface area contributed by atoms with E-state index >= 15 is 0 Å². The van der Waals surface area contributed by atoms with E-state index in [1.807, 2.05) is 25.1 Å². The molecule has 0 amide bonds. The molecular formula is C22H25NO2S. The highest BCUT2D eigenvalue weighted by Crippen LogP contribution is 2.30. The van der Waals surface area contributed by atoms with Gasteiger partial charge in [0.1, 0.15) is 6.61 Å². The van der Waals surface area contributed by atoms with Gasteiger partial charge in [-0.25, -0.2) is 0 Å². The molecule has 1 aromatic heterocycles. The molecule has 0 fully saturated rings. The van der Waals surface area contributed by atoms with Crippen molar-refractivity contribution in [2.24, 2.45) is 0 Å². The van der Waals surface area contributed by atoms with Crippen molar-refractivity contribution in [3.63, 3.8) is 0 Å². The summed E-state index contributed by atoms with van der Waals surface area (Å²) in [6, 6.07) is 21.0. The number of benzene rings is 2. The minimum atomic E-state index is 0.293.